The van der Waals surface area contributed by atoms with Crippen LogP contribution in [0.15, 0.2) is 53.4 Å². The number of ketones is 1. The zero-order chi connectivity index (χ0) is 24.7. The number of carbonyl (C=O) groups excluding carboxylic acids is 2. The van der Waals surface area contributed by atoms with Gasteiger partial charge in [0, 0.05) is 21.2 Å². The number of rotatable bonds is 5. The minimum atomic E-state index is -0.762. The third-order valence-corrected chi connectivity index (χ3v) is 7.44. The second-order valence-electron chi connectivity index (χ2n) is 8.68. The molecular formula is C27H26ClNO4S. The molecule has 1 fully saturated rings. The first-order chi connectivity index (χ1) is 16.1. The predicted molar refractivity (Wildman–Crippen MR) is 137 cm³/mol. The molecule has 1 aromatic heterocycles. The summed E-state index contributed by atoms with van der Waals surface area (Å²) in [7, 11) is 1.61. The largest absolute Gasteiger partial charge is 0.507 e. The molecule has 0 radical (unpaired) electrons. The van der Waals surface area contributed by atoms with Crippen LogP contribution in [-0.4, -0.2) is 23.9 Å². The third-order valence-electron chi connectivity index (χ3n) is 6.13. The van der Waals surface area contributed by atoms with Gasteiger partial charge in [-0.25, -0.2) is 0 Å². The fraction of sp³-hybridized carbons (Fsp3) is 0.259. The molecule has 2 heterocycles. The average Bonchev–Trinajstić information content (AvgIpc) is 3.33. The smallest absolute Gasteiger partial charge is 0.300 e. The maximum Gasteiger partial charge on any atom is 0.300 e. The molecule has 7 heteroatoms. The van der Waals surface area contributed by atoms with E-state index < -0.39 is 17.7 Å². The third kappa shape index (κ3) is 4.01. The van der Waals surface area contributed by atoms with E-state index >= 15 is 0 Å². The number of hydrogen-bond acceptors (Lipinski definition) is 5. The second-order valence-corrected chi connectivity index (χ2v) is 10.1. The van der Waals surface area contributed by atoms with Crippen molar-refractivity contribution >= 4 is 46.1 Å². The van der Waals surface area contributed by atoms with Gasteiger partial charge in [0.05, 0.1) is 12.7 Å². The molecule has 0 bridgehead atoms. The molecule has 1 atom stereocenters. The van der Waals surface area contributed by atoms with Crippen molar-refractivity contribution < 1.29 is 19.4 Å². The summed E-state index contributed by atoms with van der Waals surface area (Å²) in [5, 5.41) is 13.9. The first-order valence-corrected chi connectivity index (χ1v) is 12.2. The molecule has 1 aliphatic rings. The molecule has 0 spiro atoms. The summed E-state index contributed by atoms with van der Waals surface area (Å²) < 4.78 is 5.53. The van der Waals surface area contributed by atoms with Crippen molar-refractivity contribution in [3.8, 4) is 5.75 Å². The van der Waals surface area contributed by atoms with Crippen LogP contribution >= 0.6 is 22.9 Å². The zero-order valence-electron chi connectivity index (χ0n) is 19.7. The van der Waals surface area contributed by atoms with Crippen LogP contribution < -0.4 is 9.64 Å². The summed E-state index contributed by atoms with van der Waals surface area (Å²) in [6, 6.07) is 11.7. The Balaban J connectivity index is 1.99. The van der Waals surface area contributed by atoms with Gasteiger partial charge in [0.25, 0.3) is 11.7 Å². The molecule has 176 valence electrons. The van der Waals surface area contributed by atoms with Gasteiger partial charge in [-0.15, -0.1) is 11.3 Å². The monoisotopic (exact) mass is 495 g/mol. The zero-order valence-corrected chi connectivity index (χ0v) is 21.3. The van der Waals surface area contributed by atoms with E-state index in [1.54, 1.807) is 31.4 Å². The van der Waals surface area contributed by atoms with E-state index in [4.69, 9.17) is 16.3 Å². The average molecular weight is 496 g/mol. The van der Waals surface area contributed by atoms with Crippen LogP contribution in [0.5, 0.6) is 5.75 Å². The van der Waals surface area contributed by atoms with Crippen molar-refractivity contribution in [1.29, 1.82) is 0 Å². The number of benzene rings is 2. The second kappa shape index (κ2) is 9.28. The molecule has 0 aliphatic carbocycles. The molecule has 0 saturated carbocycles. The number of ether oxygens (including phenoxy) is 1. The van der Waals surface area contributed by atoms with E-state index in [1.807, 2.05) is 51.3 Å². The topological polar surface area (TPSA) is 66.8 Å². The van der Waals surface area contributed by atoms with E-state index in [0.29, 0.717) is 22.0 Å². The normalized spacial score (nSPS) is 17.6. The van der Waals surface area contributed by atoms with E-state index in [-0.39, 0.29) is 17.3 Å². The lowest BCUT2D eigenvalue weighted by Crippen LogP contribution is -2.29. The van der Waals surface area contributed by atoms with E-state index in [1.165, 1.54) is 16.2 Å². The van der Waals surface area contributed by atoms with Crippen LogP contribution in [0.1, 0.15) is 52.9 Å². The minimum absolute atomic E-state index is 0.0681. The molecule has 5 nitrogen and oxygen atoms in total. The fourth-order valence-corrected chi connectivity index (χ4v) is 5.57. The van der Waals surface area contributed by atoms with E-state index in [0.717, 1.165) is 21.6 Å². The standard InChI is InChI=1S/C27H26ClNO4S/c1-14(2)19-13-20(16(4)11-21(19)33-5)24(30)22-23(26-15(3)9-10-34-26)29(27(32)25(22)31)18-8-6-7-17(28)12-18/h6-14,23,30H,1-5H3/b24-22+. The van der Waals surface area contributed by atoms with Crippen LogP contribution in [0.4, 0.5) is 5.69 Å². The van der Waals surface area contributed by atoms with Crippen LogP contribution in [-0.2, 0) is 9.59 Å². The predicted octanol–water partition coefficient (Wildman–Crippen LogP) is 6.78. The van der Waals surface area contributed by atoms with E-state index in [9.17, 15) is 14.7 Å². The van der Waals surface area contributed by atoms with Gasteiger partial charge >= 0.3 is 0 Å². The summed E-state index contributed by atoms with van der Waals surface area (Å²) >= 11 is 7.65. The number of nitrogens with zero attached hydrogens (tertiary/aromatic N) is 1. The quantitative estimate of drug-likeness (QED) is 0.241. The van der Waals surface area contributed by atoms with Crippen molar-refractivity contribution in [2.45, 2.75) is 39.7 Å². The SMILES string of the molecule is COc1cc(C)c(/C(O)=C2\C(=O)C(=O)N(c3cccc(Cl)c3)C2c2sccc2C)cc1C(C)C. The Morgan fingerprint density at radius 2 is 1.85 bits per heavy atom. The van der Waals surface area contributed by atoms with Gasteiger partial charge < -0.3 is 9.84 Å². The Morgan fingerprint density at radius 1 is 1.12 bits per heavy atom. The number of Topliss-reactive ketones (excluding diaryl/α,β-unsaturated/α-hetero) is 1. The number of amides is 1. The molecule has 2 aromatic carbocycles. The van der Waals surface area contributed by atoms with Gasteiger partial charge in [-0.2, -0.15) is 0 Å². The molecule has 4 rings (SSSR count). The number of aliphatic hydroxyl groups is 1. The number of halogens is 1. The highest BCUT2D eigenvalue weighted by Gasteiger charge is 2.48. The van der Waals surface area contributed by atoms with Crippen molar-refractivity contribution in [2.75, 3.05) is 12.0 Å². The van der Waals surface area contributed by atoms with Crippen LogP contribution in [0, 0.1) is 13.8 Å². The molecule has 1 N–H and O–H groups in total. The first kappa shape index (κ1) is 24.0. The highest BCUT2D eigenvalue weighted by Crippen LogP contribution is 2.46. The minimum Gasteiger partial charge on any atom is -0.507 e. The van der Waals surface area contributed by atoms with Gasteiger partial charge in [-0.3, -0.25) is 14.5 Å². The number of hydrogen-bond donors (Lipinski definition) is 1. The Labute approximate surface area is 208 Å². The lowest BCUT2D eigenvalue weighted by molar-refractivity contribution is -0.132. The summed E-state index contributed by atoms with van der Waals surface area (Å²) in [4.78, 5) is 29.0. The summed E-state index contributed by atoms with van der Waals surface area (Å²) in [5.41, 5.74) is 3.66. The molecule has 1 saturated heterocycles. The van der Waals surface area contributed by atoms with Crippen molar-refractivity contribution in [1.82, 2.24) is 0 Å². The van der Waals surface area contributed by atoms with Crippen LogP contribution in [0.2, 0.25) is 5.02 Å². The Morgan fingerprint density at radius 3 is 2.44 bits per heavy atom. The highest BCUT2D eigenvalue weighted by atomic mass is 35.5. The Bertz CT molecular complexity index is 1320. The summed E-state index contributed by atoms with van der Waals surface area (Å²) in [6.07, 6.45) is 0. The molecule has 1 amide bonds. The molecule has 34 heavy (non-hydrogen) atoms. The highest BCUT2D eigenvalue weighted by molar-refractivity contribution is 7.10. The fourth-order valence-electron chi connectivity index (χ4n) is 4.36. The first-order valence-electron chi connectivity index (χ1n) is 10.9. The number of anilines is 1. The molecular weight excluding hydrogens is 470 g/mol. The number of aliphatic hydroxyl groups excluding tert-OH is 1. The molecule has 1 unspecified atom stereocenters. The number of aryl methyl sites for hydroxylation is 2. The number of thiophene rings is 1. The number of methoxy groups -OCH3 is 1. The summed E-state index contributed by atoms with van der Waals surface area (Å²) in [5.74, 6) is -0.767. The van der Waals surface area contributed by atoms with Gasteiger partial charge in [0.2, 0.25) is 0 Å². The van der Waals surface area contributed by atoms with Crippen molar-refractivity contribution in [2.24, 2.45) is 0 Å². The lowest BCUT2D eigenvalue weighted by atomic mass is 9.92. The van der Waals surface area contributed by atoms with Gasteiger partial charge in [-0.05, 0) is 78.2 Å². The van der Waals surface area contributed by atoms with Crippen molar-refractivity contribution in [3.05, 3.63) is 85.6 Å². The van der Waals surface area contributed by atoms with Gasteiger partial charge in [-0.1, -0.05) is 31.5 Å². The molecule has 3 aromatic rings. The Kier molecular flexibility index (Phi) is 6.56. The van der Waals surface area contributed by atoms with Crippen molar-refractivity contribution in [3.63, 3.8) is 0 Å². The lowest BCUT2D eigenvalue weighted by Gasteiger charge is -2.25. The number of carbonyl (C=O) groups is 2. The maximum atomic E-state index is 13.4. The van der Waals surface area contributed by atoms with E-state index in [2.05, 4.69) is 0 Å². The Hall–Kier alpha value is -3.09. The van der Waals surface area contributed by atoms with Crippen LogP contribution in [0.3, 0.4) is 0 Å². The van der Waals surface area contributed by atoms with Gasteiger partial charge in [0.15, 0.2) is 0 Å². The van der Waals surface area contributed by atoms with Gasteiger partial charge in [0.1, 0.15) is 17.6 Å². The van der Waals surface area contributed by atoms with Crippen LogP contribution in [0.25, 0.3) is 5.76 Å². The molecule has 1 aliphatic heterocycles. The summed E-state index contributed by atoms with van der Waals surface area (Å²) in [6.45, 7) is 7.84. The maximum absolute atomic E-state index is 13.4.